The Morgan fingerprint density at radius 3 is 2.79 bits per heavy atom. The molecule has 94 valence electrons. The van der Waals surface area contributed by atoms with Crippen molar-refractivity contribution in [3.8, 4) is 11.1 Å². The van der Waals surface area contributed by atoms with E-state index < -0.39 is 11.8 Å². The van der Waals surface area contributed by atoms with Crippen LogP contribution in [0.25, 0.3) is 16.8 Å². The smallest absolute Gasteiger partial charge is 0.356 e. The Labute approximate surface area is 107 Å². The normalized spacial score (nSPS) is 10.8. The Hall–Kier alpha value is -2.76. The van der Waals surface area contributed by atoms with Gasteiger partial charge in [0.2, 0.25) is 0 Å². The predicted octanol–water partition coefficient (Wildman–Crippen LogP) is 2.23. The second-order valence-corrected chi connectivity index (χ2v) is 3.95. The van der Waals surface area contributed by atoms with Crippen molar-refractivity contribution < 1.29 is 14.3 Å². The molecule has 0 bridgehead atoms. The van der Waals surface area contributed by atoms with Gasteiger partial charge in [-0.1, -0.05) is 18.2 Å². The van der Waals surface area contributed by atoms with E-state index in [4.69, 9.17) is 5.11 Å². The number of halogens is 1. The van der Waals surface area contributed by atoms with Gasteiger partial charge in [-0.25, -0.2) is 19.2 Å². The lowest BCUT2D eigenvalue weighted by atomic mass is 10.1. The zero-order valence-electron chi connectivity index (χ0n) is 9.62. The third-order valence-electron chi connectivity index (χ3n) is 2.75. The lowest BCUT2D eigenvalue weighted by Crippen LogP contribution is -1.95. The molecule has 0 aliphatic carbocycles. The molecule has 0 amide bonds. The topological polar surface area (TPSA) is 67.5 Å². The number of fused-ring (bicyclic) bond motifs is 1. The SMILES string of the molecule is O=C(O)c1cn2cncc(-c3ccccc3F)c2n1. The van der Waals surface area contributed by atoms with E-state index in [1.165, 1.54) is 29.2 Å². The van der Waals surface area contributed by atoms with Crippen LogP contribution in [-0.2, 0) is 0 Å². The monoisotopic (exact) mass is 257 g/mol. The Morgan fingerprint density at radius 1 is 1.26 bits per heavy atom. The molecule has 0 aliphatic rings. The van der Waals surface area contributed by atoms with Gasteiger partial charge in [0.05, 0.1) is 0 Å². The van der Waals surface area contributed by atoms with Crippen molar-refractivity contribution in [2.75, 3.05) is 0 Å². The highest BCUT2D eigenvalue weighted by Crippen LogP contribution is 2.25. The molecule has 19 heavy (non-hydrogen) atoms. The van der Waals surface area contributed by atoms with E-state index in [0.717, 1.165) is 0 Å². The molecule has 0 saturated heterocycles. The minimum Gasteiger partial charge on any atom is -0.476 e. The van der Waals surface area contributed by atoms with E-state index in [1.807, 2.05) is 0 Å². The van der Waals surface area contributed by atoms with E-state index in [1.54, 1.807) is 18.2 Å². The van der Waals surface area contributed by atoms with Gasteiger partial charge in [0.15, 0.2) is 5.69 Å². The highest BCUT2D eigenvalue weighted by Gasteiger charge is 2.14. The average molecular weight is 257 g/mol. The molecule has 1 N–H and O–H groups in total. The fourth-order valence-electron chi connectivity index (χ4n) is 1.89. The molecule has 0 atom stereocenters. The number of benzene rings is 1. The van der Waals surface area contributed by atoms with Crippen LogP contribution in [0.1, 0.15) is 10.5 Å². The summed E-state index contributed by atoms with van der Waals surface area (Å²) in [5, 5.41) is 8.93. The fourth-order valence-corrected chi connectivity index (χ4v) is 1.89. The van der Waals surface area contributed by atoms with Gasteiger partial charge in [0.25, 0.3) is 0 Å². The van der Waals surface area contributed by atoms with Crippen LogP contribution in [0.2, 0.25) is 0 Å². The number of carboxylic acid groups (broad SMARTS) is 1. The Kier molecular flexibility index (Phi) is 2.49. The van der Waals surface area contributed by atoms with Crippen LogP contribution in [0.4, 0.5) is 4.39 Å². The van der Waals surface area contributed by atoms with Crippen molar-refractivity contribution in [2.24, 2.45) is 0 Å². The van der Waals surface area contributed by atoms with Gasteiger partial charge < -0.3 is 5.11 Å². The van der Waals surface area contributed by atoms with Crippen molar-refractivity contribution in [3.05, 3.63) is 54.5 Å². The van der Waals surface area contributed by atoms with Gasteiger partial charge in [-0.3, -0.25) is 4.40 Å². The molecule has 0 fully saturated rings. The molecule has 0 unspecified atom stereocenters. The van der Waals surface area contributed by atoms with E-state index >= 15 is 0 Å². The number of carbonyl (C=O) groups is 1. The van der Waals surface area contributed by atoms with Crippen LogP contribution < -0.4 is 0 Å². The van der Waals surface area contributed by atoms with Crippen LogP contribution >= 0.6 is 0 Å². The molecule has 1 aromatic carbocycles. The molecule has 5 nitrogen and oxygen atoms in total. The number of aromatic carboxylic acids is 1. The van der Waals surface area contributed by atoms with Crippen molar-refractivity contribution in [1.29, 1.82) is 0 Å². The lowest BCUT2D eigenvalue weighted by Gasteiger charge is -2.03. The third kappa shape index (κ3) is 1.83. The summed E-state index contributed by atoms with van der Waals surface area (Å²) < 4.78 is 15.3. The minimum absolute atomic E-state index is 0.106. The summed E-state index contributed by atoms with van der Waals surface area (Å²) in [6.45, 7) is 0. The van der Waals surface area contributed by atoms with Gasteiger partial charge in [-0.2, -0.15) is 0 Å². The maximum Gasteiger partial charge on any atom is 0.356 e. The summed E-state index contributed by atoms with van der Waals surface area (Å²) in [5.74, 6) is -1.54. The number of carboxylic acids is 1. The summed E-state index contributed by atoms with van der Waals surface area (Å²) in [6.07, 6.45) is 4.24. The summed E-state index contributed by atoms with van der Waals surface area (Å²) in [5.41, 5.74) is 1.04. The molecule has 2 heterocycles. The van der Waals surface area contributed by atoms with Crippen molar-refractivity contribution in [2.45, 2.75) is 0 Å². The van der Waals surface area contributed by atoms with Crippen LogP contribution in [0.15, 0.2) is 43.0 Å². The predicted molar refractivity (Wildman–Crippen MR) is 65.3 cm³/mol. The van der Waals surface area contributed by atoms with Crippen LogP contribution in [0, 0.1) is 5.82 Å². The molecular formula is C13H8FN3O2. The zero-order valence-corrected chi connectivity index (χ0v) is 9.62. The van der Waals surface area contributed by atoms with E-state index in [9.17, 15) is 9.18 Å². The highest BCUT2D eigenvalue weighted by molar-refractivity contribution is 5.88. The molecule has 6 heteroatoms. The molecule has 3 rings (SSSR count). The van der Waals surface area contributed by atoms with Crippen molar-refractivity contribution >= 4 is 11.6 Å². The summed E-state index contributed by atoms with van der Waals surface area (Å²) in [7, 11) is 0. The number of hydrogen-bond donors (Lipinski definition) is 1. The Morgan fingerprint density at radius 2 is 2.05 bits per heavy atom. The average Bonchev–Trinajstić information content (AvgIpc) is 2.83. The molecule has 0 spiro atoms. The van der Waals surface area contributed by atoms with Gasteiger partial charge in [-0.05, 0) is 6.07 Å². The largest absolute Gasteiger partial charge is 0.476 e. The molecular weight excluding hydrogens is 249 g/mol. The number of hydrogen-bond acceptors (Lipinski definition) is 3. The number of nitrogens with zero attached hydrogens (tertiary/aromatic N) is 3. The fraction of sp³-hybridized carbons (Fsp3) is 0. The first kappa shape index (κ1) is 11.3. The standard InChI is InChI=1S/C13H8FN3O2/c14-10-4-2-1-3-8(10)9-5-15-7-17-6-11(13(18)19)16-12(9)17/h1-7H,(H,18,19). The second-order valence-electron chi connectivity index (χ2n) is 3.95. The van der Waals surface area contributed by atoms with Crippen LogP contribution in [-0.4, -0.2) is 25.4 Å². The van der Waals surface area contributed by atoms with Gasteiger partial charge in [-0.15, -0.1) is 0 Å². The third-order valence-corrected chi connectivity index (χ3v) is 2.75. The maximum atomic E-state index is 13.8. The number of aromatic nitrogens is 3. The van der Waals surface area contributed by atoms with Gasteiger partial charge in [0.1, 0.15) is 17.8 Å². The summed E-state index contributed by atoms with van der Waals surface area (Å²) in [4.78, 5) is 18.9. The van der Waals surface area contributed by atoms with Crippen molar-refractivity contribution in [1.82, 2.24) is 14.4 Å². The minimum atomic E-state index is -1.14. The van der Waals surface area contributed by atoms with Gasteiger partial charge >= 0.3 is 5.97 Å². The quantitative estimate of drug-likeness (QED) is 0.764. The Balaban J connectivity index is 2.30. The van der Waals surface area contributed by atoms with Gasteiger partial charge in [0, 0.05) is 23.5 Å². The van der Waals surface area contributed by atoms with Crippen LogP contribution in [0.5, 0.6) is 0 Å². The first-order valence-corrected chi connectivity index (χ1v) is 5.48. The van der Waals surface area contributed by atoms with E-state index in [0.29, 0.717) is 16.8 Å². The van der Waals surface area contributed by atoms with Crippen LogP contribution in [0.3, 0.4) is 0 Å². The van der Waals surface area contributed by atoms with Crippen molar-refractivity contribution in [3.63, 3.8) is 0 Å². The Bertz CT molecular complexity index is 782. The number of rotatable bonds is 2. The molecule has 0 aliphatic heterocycles. The second kappa shape index (κ2) is 4.16. The number of imidazole rings is 1. The van der Waals surface area contributed by atoms with E-state index in [-0.39, 0.29) is 5.69 Å². The molecule has 0 radical (unpaired) electrons. The molecule has 3 aromatic rings. The first-order chi connectivity index (χ1) is 9.16. The summed E-state index contributed by atoms with van der Waals surface area (Å²) >= 11 is 0. The first-order valence-electron chi connectivity index (χ1n) is 5.48. The molecule has 2 aromatic heterocycles. The molecule has 0 saturated carbocycles. The summed E-state index contributed by atoms with van der Waals surface area (Å²) in [6, 6.07) is 6.21. The highest BCUT2D eigenvalue weighted by atomic mass is 19.1. The van der Waals surface area contributed by atoms with E-state index in [2.05, 4.69) is 9.97 Å². The lowest BCUT2D eigenvalue weighted by molar-refractivity contribution is 0.0691. The maximum absolute atomic E-state index is 13.8. The zero-order chi connectivity index (χ0) is 13.4.